The number of rotatable bonds is 6. The van der Waals surface area contributed by atoms with Crippen LogP contribution in [-0.4, -0.2) is 33.3 Å². The third-order valence-corrected chi connectivity index (χ3v) is 6.70. The van der Waals surface area contributed by atoms with Crippen LogP contribution in [0.2, 0.25) is 0 Å². The highest BCUT2D eigenvalue weighted by molar-refractivity contribution is 5.74. The fourth-order valence-electron chi connectivity index (χ4n) is 5.11. The second-order valence-electron chi connectivity index (χ2n) is 8.84. The topological polar surface area (TPSA) is 74.9 Å². The molecule has 0 atom stereocenters. The van der Waals surface area contributed by atoms with Gasteiger partial charge in [-0.3, -0.25) is 9.36 Å². The zero-order valence-electron chi connectivity index (χ0n) is 18.8. The summed E-state index contributed by atoms with van der Waals surface area (Å²) < 4.78 is 7.77. The van der Waals surface area contributed by atoms with Gasteiger partial charge in [0.15, 0.2) is 17.0 Å². The maximum absolute atomic E-state index is 13.5. The van der Waals surface area contributed by atoms with Crippen molar-refractivity contribution in [2.45, 2.75) is 58.2 Å². The molecule has 6 rings (SSSR count). The minimum atomic E-state index is -0.0917. The van der Waals surface area contributed by atoms with E-state index in [1.807, 2.05) is 58.7 Å². The Labute approximate surface area is 191 Å². The van der Waals surface area contributed by atoms with Crippen LogP contribution >= 0.6 is 0 Å². The Hall–Kier alpha value is -3.68. The van der Waals surface area contributed by atoms with Crippen LogP contribution in [0.15, 0.2) is 59.7 Å². The van der Waals surface area contributed by atoms with E-state index in [0.717, 1.165) is 24.3 Å². The van der Waals surface area contributed by atoms with E-state index >= 15 is 0 Å². The van der Waals surface area contributed by atoms with E-state index in [-0.39, 0.29) is 5.56 Å². The smallest absolute Gasteiger partial charge is 0.283 e. The minimum absolute atomic E-state index is 0.0917. The van der Waals surface area contributed by atoms with E-state index in [4.69, 9.17) is 15.1 Å². The van der Waals surface area contributed by atoms with Gasteiger partial charge in [0.05, 0.1) is 13.1 Å². The number of benzene rings is 1. The Morgan fingerprint density at radius 2 is 1.70 bits per heavy atom. The third kappa shape index (κ3) is 3.37. The van der Waals surface area contributed by atoms with Crippen molar-refractivity contribution in [3.05, 3.63) is 82.4 Å². The molecule has 4 heterocycles. The quantitative estimate of drug-likeness (QED) is 0.402. The summed E-state index contributed by atoms with van der Waals surface area (Å²) in [7, 11) is 0. The van der Waals surface area contributed by atoms with E-state index < -0.39 is 0 Å². The average Bonchev–Trinajstić information content (AvgIpc) is 3.62. The maximum atomic E-state index is 13.5. The van der Waals surface area contributed by atoms with Gasteiger partial charge in [0.25, 0.3) is 5.56 Å². The molecule has 0 unspecified atom stereocenters. The zero-order chi connectivity index (χ0) is 22.4. The fourth-order valence-corrected chi connectivity index (χ4v) is 5.11. The summed E-state index contributed by atoms with van der Waals surface area (Å²) in [5.41, 5.74) is 2.32. The molecule has 0 bridgehead atoms. The predicted molar refractivity (Wildman–Crippen MR) is 126 cm³/mol. The zero-order valence-corrected chi connectivity index (χ0v) is 18.8. The summed E-state index contributed by atoms with van der Waals surface area (Å²) in [6.07, 6.45) is 8.62. The molecule has 1 aliphatic carbocycles. The van der Waals surface area contributed by atoms with E-state index in [1.165, 1.54) is 18.4 Å². The van der Waals surface area contributed by atoms with Crippen LogP contribution in [0, 0.1) is 0 Å². The molecule has 8 heteroatoms. The Balaban J connectivity index is 1.62. The van der Waals surface area contributed by atoms with Crippen molar-refractivity contribution >= 4 is 16.9 Å². The molecule has 1 saturated carbocycles. The summed E-state index contributed by atoms with van der Waals surface area (Å²) in [5.74, 6) is 2.62. The maximum Gasteiger partial charge on any atom is 0.283 e. The van der Waals surface area contributed by atoms with Crippen LogP contribution in [0.1, 0.15) is 55.7 Å². The van der Waals surface area contributed by atoms with Crippen LogP contribution in [0.3, 0.4) is 0 Å². The van der Waals surface area contributed by atoms with Crippen molar-refractivity contribution in [2.75, 3.05) is 0 Å². The van der Waals surface area contributed by atoms with Gasteiger partial charge in [-0.05, 0) is 37.5 Å². The molecular formula is C25H27N7O. The number of aromatic nitrogens is 7. The molecular weight excluding hydrogens is 414 g/mol. The van der Waals surface area contributed by atoms with Crippen LogP contribution in [0.25, 0.3) is 16.9 Å². The molecule has 0 spiro atoms. The van der Waals surface area contributed by atoms with Gasteiger partial charge in [-0.1, -0.05) is 43.2 Å². The van der Waals surface area contributed by atoms with Crippen molar-refractivity contribution in [2.24, 2.45) is 0 Å². The lowest BCUT2D eigenvalue weighted by atomic mass is 10.1. The third-order valence-electron chi connectivity index (χ3n) is 6.70. The van der Waals surface area contributed by atoms with Gasteiger partial charge in [-0.25, -0.2) is 4.98 Å². The van der Waals surface area contributed by atoms with Crippen molar-refractivity contribution in [3.8, 4) is 0 Å². The first-order valence-electron chi connectivity index (χ1n) is 11.8. The highest BCUT2D eigenvalue weighted by Crippen LogP contribution is 2.35. The van der Waals surface area contributed by atoms with Gasteiger partial charge < -0.3 is 9.13 Å². The lowest BCUT2D eigenvalue weighted by Crippen LogP contribution is -2.23. The van der Waals surface area contributed by atoms with Gasteiger partial charge in [0.2, 0.25) is 5.78 Å². The molecule has 4 aromatic heterocycles. The van der Waals surface area contributed by atoms with Crippen LogP contribution in [0.4, 0.5) is 0 Å². The first kappa shape index (κ1) is 20.0. The van der Waals surface area contributed by atoms with Gasteiger partial charge in [0, 0.05) is 24.9 Å². The highest BCUT2D eigenvalue weighted by Gasteiger charge is 2.28. The summed E-state index contributed by atoms with van der Waals surface area (Å²) >= 11 is 0. The Morgan fingerprint density at radius 3 is 2.42 bits per heavy atom. The van der Waals surface area contributed by atoms with Crippen molar-refractivity contribution in [1.29, 1.82) is 0 Å². The number of nitrogens with zero attached hydrogens (tertiary/aromatic N) is 7. The first-order valence-corrected chi connectivity index (χ1v) is 11.8. The minimum Gasteiger partial charge on any atom is -0.347 e. The second-order valence-corrected chi connectivity index (χ2v) is 8.84. The average molecular weight is 442 g/mol. The number of imidazole rings is 1. The number of hydrogen-bond acceptors (Lipinski definition) is 4. The number of fused-ring (bicyclic) bond motifs is 3. The van der Waals surface area contributed by atoms with E-state index in [9.17, 15) is 4.79 Å². The lowest BCUT2D eigenvalue weighted by Gasteiger charge is -2.14. The summed E-state index contributed by atoms with van der Waals surface area (Å²) in [6, 6.07) is 14.3. The molecule has 0 amide bonds. The molecule has 0 saturated heterocycles. The molecule has 1 aromatic carbocycles. The SMILES string of the molecule is CCn1c(=O)c2nc(C3CCCC3)n(Cc3ccccc3)c2n2nc(Cn3cccc3)nc12. The Morgan fingerprint density at radius 1 is 0.939 bits per heavy atom. The largest absolute Gasteiger partial charge is 0.347 e. The summed E-state index contributed by atoms with van der Waals surface area (Å²) in [6.45, 7) is 3.69. The monoisotopic (exact) mass is 441 g/mol. The van der Waals surface area contributed by atoms with E-state index in [2.05, 4.69) is 16.7 Å². The molecule has 0 radical (unpaired) electrons. The van der Waals surface area contributed by atoms with Crippen molar-refractivity contribution < 1.29 is 0 Å². The normalized spacial score (nSPS) is 14.7. The molecule has 0 aliphatic heterocycles. The Bertz CT molecular complexity index is 1470. The summed E-state index contributed by atoms with van der Waals surface area (Å²) in [5, 5.41) is 4.87. The molecule has 33 heavy (non-hydrogen) atoms. The van der Waals surface area contributed by atoms with Crippen LogP contribution in [-0.2, 0) is 19.6 Å². The summed E-state index contributed by atoms with van der Waals surface area (Å²) in [4.78, 5) is 23.3. The van der Waals surface area contributed by atoms with Gasteiger partial charge in [-0.15, -0.1) is 5.10 Å². The first-order chi connectivity index (χ1) is 16.2. The Kier molecular flexibility index (Phi) is 4.86. The molecule has 0 N–H and O–H groups in total. The molecule has 5 aromatic rings. The van der Waals surface area contributed by atoms with Crippen molar-refractivity contribution in [1.82, 2.24) is 33.3 Å². The van der Waals surface area contributed by atoms with E-state index in [0.29, 0.717) is 42.7 Å². The molecule has 1 fully saturated rings. The molecule has 1 aliphatic rings. The second kappa shape index (κ2) is 8.03. The van der Waals surface area contributed by atoms with E-state index in [1.54, 1.807) is 4.57 Å². The van der Waals surface area contributed by atoms with Crippen molar-refractivity contribution in [3.63, 3.8) is 0 Å². The molecule has 8 nitrogen and oxygen atoms in total. The van der Waals surface area contributed by atoms with Gasteiger partial charge in [-0.2, -0.15) is 9.50 Å². The van der Waals surface area contributed by atoms with Crippen LogP contribution in [0.5, 0.6) is 0 Å². The highest BCUT2D eigenvalue weighted by atomic mass is 16.1. The predicted octanol–water partition coefficient (Wildman–Crippen LogP) is 3.82. The molecule has 168 valence electrons. The fraction of sp³-hybridized carbons (Fsp3) is 0.360. The van der Waals surface area contributed by atoms with Crippen LogP contribution < -0.4 is 5.56 Å². The standard InChI is InChI=1S/C25H27N7O/c1-2-30-24(33)21-23(32-25(30)26-20(28-32)17-29-14-8-9-15-29)31(16-18-10-4-3-5-11-18)22(27-21)19-12-6-7-13-19/h3-5,8-11,14-15,19H,2,6-7,12-13,16-17H2,1H3. The lowest BCUT2D eigenvalue weighted by molar-refractivity contribution is 0.613. The number of aryl methyl sites for hydroxylation is 1. The number of hydrogen-bond donors (Lipinski definition) is 0. The van der Waals surface area contributed by atoms with Gasteiger partial charge in [0.1, 0.15) is 5.82 Å². The van der Waals surface area contributed by atoms with Gasteiger partial charge >= 0.3 is 0 Å².